The standard InChI is InChI=1S/C9H12FN3O/c10-8-5-6(12)1-2-7(8)9(14)13-4-3-11/h1-2,5H,3-4,11-12H2,(H,13,14). The van der Waals surface area contributed by atoms with Crippen LogP contribution in [0.2, 0.25) is 0 Å². The summed E-state index contributed by atoms with van der Waals surface area (Å²) in [6, 6.07) is 3.92. The van der Waals surface area contributed by atoms with Crippen LogP contribution in [0, 0.1) is 5.82 Å². The van der Waals surface area contributed by atoms with E-state index in [0.717, 1.165) is 6.07 Å². The second kappa shape index (κ2) is 4.57. The molecule has 1 amide bonds. The number of hydrogen-bond acceptors (Lipinski definition) is 3. The van der Waals surface area contributed by atoms with Crippen molar-refractivity contribution in [1.82, 2.24) is 5.32 Å². The van der Waals surface area contributed by atoms with Crippen LogP contribution in [0.4, 0.5) is 10.1 Å². The first-order valence-electron chi connectivity index (χ1n) is 4.18. The highest BCUT2D eigenvalue weighted by atomic mass is 19.1. The highest BCUT2D eigenvalue weighted by Crippen LogP contribution is 2.11. The van der Waals surface area contributed by atoms with Gasteiger partial charge in [0, 0.05) is 18.8 Å². The number of rotatable bonds is 3. The van der Waals surface area contributed by atoms with Crippen LogP contribution in [0.15, 0.2) is 18.2 Å². The van der Waals surface area contributed by atoms with Gasteiger partial charge in [0.15, 0.2) is 0 Å². The number of carbonyl (C=O) groups excluding carboxylic acids is 1. The summed E-state index contributed by atoms with van der Waals surface area (Å²) in [7, 11) is 0. The smallest absolute Gasteiger partial charge is 0.254 e. The molecule has 0 aliphatic heterocycles. The Kier molecular flexibility index (Phi) is 3.41. The number of nitrogen functional groups attached to an aromatic ring is 1. The van der Waals surface area contributed by atoms with Gasteiger partial charge in [-0.1, -0.05) is 0 Å². The molecule has 0 atom stereocenters. The summed E-state index contributed by atoms with van der Waals surface area (Å²) >= 11 is 0. The van der Waals surface area contributed by atoms with Crippen molar-refractivity contribution < 1.29 is 9.18 Å². The van der Waals surface area contributed by atoms with Crippen molar-refractivity contribution in [3.63, 3.8) is 0 Å². The Bertz CT molecular complexity index is 341. The van der Waals surface area contributed by atoms with Gasteiger partial charge in [0.05, 0.1) is 5.56 Å². The van der Waals surface area contributed by atoms with Crippen molar-refractivity contribution in [2.24, 2.45) is 5.73 Å². The Labute approximate surface area is 81.1 Å². The van der Waals surface area contributed by atoms with Crippen LogP contribution in [0.1, 0.15) is 10.4 Å². The van der Waals surface area contributed by atoms with Crippen molar-refractivity contribution in [2.45, 2.75) is 0 Å². The highest BCUT2D eigenvalue weighted by molar-refractivity contribution is 5.94. The van der Waals surface area contributed by atoms with Gasteiger partial charge in [0.1, 0.15) is 5.82 Å². The van der Waals surface area contributed by atoms with E-state index in [0.29, 0.717) is 13.1 Å². The van der Waals surface area contributed by atoms with Gasteiger partial charge in [-0.05, 0) is 18.2 Å². The molecular weight excluding hydrogens is 185 g/mol. The van der Waals surface area contributed by atoms with Crippen molar-refractivity contribution in [3.05, 3.63) is 29.6 Å². The topological polar surface area (TPSA) is 81.1 Å². The molecule has 0 radical (unpaired) electrons. The Hall–Kier alpha value is -1.62. The number of benzene rings is 1. The predicted molar refractivity (Wildman–Crippen MR) is 52.2 cm³/mol. The molecule has 0 saturated heterocycles. The average Bonchev–Trinajstić information content (AvgIpc) is 2.14. The molecule has 0 bridgehead atoms. The van der Waals surface area contributed by atoms with Gasteiger partial charge in [-0.3, -0.25) is 4.79 Å². The molecule has 0 aromatic heterocycles. The first-order valence-corrected chi connectivity index (χ1v) is 4.18. The largest absolute Gasteiger partial charge is 0.399 e. The van der Waals surface area contributed by atoms with Gasteiger partial charge >= 0.3 is 0 Å². The maximum atomic E-state index is 13.2. The van der Waals surface area contributed by atoms with E-state index in [1.807, 2.05) is 0 Å². The summed E-state index contributed by atoms with van der Waals surface area (Å²) < 4.78 is 13.2. The fraction of sp³-hybridized carbons (Fsp3) is 0.222. The fourth-order valence-electron chi connectivity index (χ4n) is 0.996. The third-order valence-electron chi connectivity index (χ3n) is 1.67. The molecule has 0 unspecified atom stereocenters. The summed E-state index contributed by atoms with van der Waals surface area (Å²) in [6.07, 6.45) is 0. The molecule has 0 aliphatic carbocycles. The van der Waals surface area contributed by atoms with Gasteiger partial charge in [-0.15, -0.1) is 0 Å². The molecule has 76 valence electrons. The molecule has 5 N–H and O–H groups in total. The normalized spacial score (nSPS) is 9.86. The molecule has 0 saturated carbocycles. The monoisotopic (exact) mass is 197 g/mol. The molecule has 1 rings (SSSR count). The van der Waals surface area contributed by atoms with Gasteiger partial charge < -0.3 is 16.8 Å². The fourth-order valence-corrected chi connectivity index (χ4v) is 0.996. The van der Waals surface area contributed by atoms with Crippen molar-refractivity contribution >= 4 is 11.6 Å². The zero-order valence-corrected chi connectivity index (χ0v) is 7.59. The van der Waals surface area contributed by atoms with Gasteiger partial charge in [-0.25, -0.2) is 4.39 Å². The van der Waals surface area contributed by atoms with Gasteiger partial charge in [0.2, 0.25) is 0 Å². The number of halogens is 1. The van der Waals surface area contributed by atoms with Crippen LogP contribution in [0.3, 0.4) is 0 Å². The Morgan fingerprint density at radius 3 is 2.79 bits per heavy atom. The summed E-state index contributed by atoms with van der Waals surface area (Å²) in [5.41, 5.74) is 10.8. The minimum atomic E-state index is -0.625. The molecule has 5 heteroatoms. The molecule has 1 aromatic rings. The van der Waals surface area contributed by atoms with Crippen LogP contribution in [-0.4, -0.2) is 19.0 Å². The molecule has 0 fully saturated rings. The van der Waals surface area contributed by atoms with E-state index in [-0.39, 0.29) is 11.3 Å². The Morgan fingerprint density at radius 2 is 2.21 bits per heavy atom. The van der Waals surface area contributed by atoms with Gasteiger partial charge in [-0.2, -0.15) is 0 Å². The molecule has 0 spiro atoms. The van der Waals surface area contributed by atoms with Crippen LogP contribution in [0.5, 0.6) is 0 Å². The van der Waals surface area contributed by atoms with Crippen molar-refractivity contribution in [2.75, 3.05) is 18.8 Å². The Balaban J connectivity index is 2.80. The van der Waals surface area contributed by atoms with E-state index in [9.17, 15) is 9.18 Å². The zero-order chi connectivity index (χ0) is 10.6. The molecule has 0 heterocycles. The molecule has 0 aliphatic rings. The first-order chi connectivity index (χ1) is 6.65. The quantitative estimate of drug-likeness (QED) is 0.601. The highest BCUT2D eigenvalue weighted by Gasteiger charge is 2.10. The SMILES string of the molecule is NCCNC(=O)c1ccc(N)cc1F. The third-order valence-corrected chi connectivity index (χ3v) is 1.67. The van der Waals surface area contributed by atoms with E-state index in [2.05, 4.69) is 5.32 Å². The lowest BCUT2D eigenvalue weighted by atomic mass is 10.2. The van der Waals surface area contributed by atoms with Crippen LogP contribution in [0.25, 0.3) is 0 Å². The second-order valence-corrected chi connectivity index (χ2v) is 2.78. The lowest BCUT2D eigenvalue weighted by molar-refractivity contribution is 0.0951. The molecule has 14 heavy (non-hydrogen) atoms. The number of amides is 1. The summed E-state index contributed by atoms with van der Waals surface area (Å²) in [6.45, 7) is 0.644. The number of nitrogens with two attached hydrogens (primary N) is 2. The zero-order valence-electron chi connectivity index (χ0n) is 7.59. The average molecular weight is 197 g/mol. The minimum absolute atomic E-state index is 0.0207. The summed E-state index contributed by atoms with van der Waals surface area (Å²) in [4.78, 5) is 11.3. The van der Waals surface area contributed by atoms with Crippen LogP contribution >= 0.6 is 0 Å². The van der Waals surface area contributed by atoms with Gasteiger partial charge in [0.25, 0.3) is 5.91 Å². The van der Waals surface area contributed by atoms with Crippen LogP contribution in [-0.2, 0) is 0 Å². The summed E-state index contributed by atoms with van der Waals surface area (Å²) in [5.74, 6) is -1.10. The van der Waals surface area contributed by atoms with Crippen molar-refractivity contribution in [1.29, 1.82) is 0 Å². The third kappa shape index (κ3) is 2.43. The van der Waals surface area contributed by atoms with Crippen LogP contribution < -0.4 is 16.8 Å². The maximum Gasteiger partial charge on any atom is 0.254 e. The number of carbonyl (C=O) groups is 1. The lowest BCUT2D eigenvalue weighted by Gasteiger charge is -2.04. The number of nitrogens with one attached hydrogen (secondary N) is 1. The van der Waals surface area contributed by atoms with E-state index >= 15 is 0 Å². The van der Waals surface area contributed by atoms with E-state index in [4.69, 9.17) is 11.5 Å². The number of anilines is 1. The molecule has 4 nitrogen and oxygen atoms in total. The van der Waals surface area contributed by atoms with Crippen molar-refractivity contribution in [3.8, 4) is 0 Å². The van der Waals surface area contributed by atoms with E-state index < -0.39 is 11.7 Å². The molecular formula is C9H12FN3O. The number of hydrogen-bond donors (Lipinski definition) is 3. The maximum absolute atomic E-state index is 13.2. The summed E-state index contributed by atoms with van der Waals surface area (Å²) in [5, 5.41) is 2.46. The van der Waals surface area contributed by atoms with E-state index in [1.54, 1.807) is 0 Å². The predicted octanol–water partition coefficient (Wildman–Crippen LogP) is 0.0964. The van der Waals surface area contributed by atoms with E-state index in [1.165, 1.54) is 12.1 Å². The molecule has 1 aromatic carbocycles. The lowest BCUT2D eigenvalue weighted by Crippen LogP contribution is -2.29. The Morgan fingerprint density at radius 1 is 1.50 bits per heavy atom. The second-order valence-electron chi connectivity index (χ2n) is 2.78. The minimum Gasteiger partial charge on any atom is -0.399 e. The first kappa shape index (κ1) is 10.5.